The Balaban J connectivity index is 2.54. The summed E-state index contributed by atoms with van der Waals surface area (Å²) in [6.07, 6.45) is 0.357. The Morgan fingerprint density at radius 3 is 2.50 bits per heavy atom. The number of hydrogen-bond acceptors (Lipinski definition) is 4. The highest BCUT2D eigenvalue weighted by Gasteiger charge is 2.18. The van der Waals surface area contributed by atoms with Gasteiger partial charge in [-0.2, -0.15) is 0 Å². The fraction of sp³-hybridized carbons (Fsp3) is 0.357. The number of rotatable bonds is 8. The van der Waals surface area contributed by atoms with Crippen LogP contribution in [0.15, 0.2) is 24.3 Å². The minimum absolute atomic E-state index is 0.0676. The fourth-order valence-corrected chi connectivity index (χ4v) is 1.52. The van der Waals surface area contributed by atoms with Crippen LogP contribution in [0, 0.1) is 0 Å². The van der Waals surface area contributed by atoms with E-state index in [0.29, 0.717) is 17.7 Å². The lowest BCUT2D eigenvalue weighted by Crippen LogP contribution is -2.38. The van der Waals surface area contributed by atoms with Crippen molar-refractivity contribution in [2.45, 2.75) is 25.9 Å². The number of aliphatic carboxylic acids is 1. The van der Waals surface area contributed by atoms with Crippen molar-refractivity contribution in [1.82, 2.24) is 5.32 Å². The third-order valence-electron chi connectivity index (χ3n) is 2.60. The maximum Gasteiger partial charge on any atom is 0.305 e. The van der Waals surface area contributed by atoms with Crippen molar-refractivity contribution in [3.05, 3.63) is 29.8 Å². The van der Waals surface area contributed by atoms with Gasteiger partial charge in [0.2, 0.25) is 0 Å². The van der Waals surface area contributed by atoms with Gasteiger partial charge in [0.15, 0.2) is 6.10 Å². The second-order valence-electron chi connectivity index (χ2n) is 4.14. The standard InChI is InChI=1S/C14H17NO5/c1-2-12(14(19)15-8-7-13(17)18)20-11-5-3-10(9-16)4-6-11/h3-6,9,12H,2,7-8H2,1H3,(H,15,19)(H,17,18). The van der Waals surface area contributed by atoms with Crippen LogP contribution in [0.2, 0.25) is 0 Å². The first-order chi connectivity index (χ1) is 9.56. The second-order valence-corrected chi connectivity index (χ2v) is 4.14. The van der Waals surface area contributed by atoms with Crippen molar-refractivity contribution in [3.8, 4) is 5.75 Å². The summed E-state index contributed by atoms with van der Waals surface area (Å²) < 4.78 is 5.51. The lowest BCUT2D eigenvalue weighted by Gasteiger charge is -2.17. The van der Waals surface area contributed by atoms with E-state index in [9.17, 15) is 14.4 Å². The minimum Gasteiger partial charge on any atom is -0.481 e. The van der Waals surface area contributed by atoms with Gasteiger partial charge in [-0.3, -0.25) is 14.4 Å². The van der Waals surface area contributed by atoms with Gasteiger partial charge in [0.05, 0.1) is 6.42 Å². The van der Waals surface area contributed by atoms with Crippen molar-refractivity contribution in [2.24, 2.45) is 0 Å². The first kappa shape index (κ1) is 15.7. The van der Waals surface area contributed by atoms with Crippen molar-refractivity contribution in [3.63, 3.8) is 0 Å². The number of hydrogen-bond donors (Lipinski definition) is 2. The Hall–Kier alpha value is -2.37. The molecule has 0 saturated carbocycles. The zero-order valence-corrected chi connectivity index (χ0v) is 11.2. The molecule has 0 fully saturated rings. The molecule has 20 heavy (non-hydrogen) atoms. The largest absolute Gasteiger partial charge is 0.481 e. The third kappa shape index (κ3) is 5.09. The quantitative estimate of drug-likeness (QED) is 0.698. The number of carbonyl (C=O) groups is 3. The molecule has 1 aromatic carbocycles. The van der Waals surface area contributed by atoms with Crippen LogP contribution in [-0.4, -0.2) is 35.9 Å². The summed E-state index contributed by atoms with van der Waals surface area (Å²) >= 11 is 0. The molecule has 0 aromatic heterocycles. The molecule has 1 amide bonds. The van der Waals surface area contributed by atoms with Gasteiger partial charge in [0.25, 0.3) is 5.91 Å². The van der Waals surface area contributed by atoms with Crippen LogP contribution in [0.5, 0.6) is 5.75 Å². The van der Waals surface area contributed by atoms with Crippen LogP contribution < -0.4 is 10.1 Å². The topological polar surface area (TPSA) is 92.7 Å². The Morgan fingerprint density at radius 1 is 1.35 bits per heavy atom. The normalized spacial score (nSPS) is 11.4. The highest BCUT2D eigenvalue weighted by atomic mass is 16.5. The molecule has 1 rings (SSSR count). The van der Waals surface area contributed by atoms with Crippen molar-refractivity contribution < 1.29 is 24.2 Å². The van der Waals surface area contributed by atoms with Crippen molar-refractivity contribution in [1.29, 1.82) is 0 Å². The molecule has 0 aliphatic carbocycles. The van der Waals surface area contributed by atoms with E-state index in [2.05, 4.69) is 5.32 Å². The maximum atomic E-state index is 11.8. The van der Waals surface area contributed by atoms with E-state index in [1.165, 1.54) is 0 Å². The lowest BCUT2D eigenvalue weighted by atomic mass is 10.2. The molecule has 6 nitrogen and oxygen atoms in total. The zero-order valence-electron chi connectivity index (χ0n) is 11.2. The van der Waals surface area contributed by atoms with Gasteiger partial charge >= 0.3 is 5.97 Å². The van der Waals surface area contributed by atoms with Crippen molar-refractivity contribution >= 4 is 18.2 Å². The van der Waals surface area contributed by atoms with Crippen LogP contribution in [-0.2, 0) is 9.59 Å². The highest BCUT2D eigenvalue weighted by molar-refractivity contribution is 5.81. The maximum absolute atomic E-state index is 11.8. The average Bonchev–Trinajstić information content (AvgIpc) is 2.44. The summed E-state index contributed by atoms with van der Waals surface area (Å²) in [5.74, 6) is -0.840. The van der Waals surface area contributed by atoms with Crippen molar-refractivity contribution in [2.75, 3.05) is 6.54 Å². The van der Waals surface area contributed by atoms with E-state index < -0.39 is 12.1 Å². The molecule has 0 radical (unpaired) electrons. The summed E-state index contributed by atoms with van der Waals surface area (Å²) in [5.41, 5.74) is 0.524. The SMILES string of the molecule is CCC(Oc1ccc(C=O)cc1)C(=O)NCCC(=O)O. The van der Waals surface area contributed by atoms with E-state index >= 15 is 0 Å². The van der Waals surface area contributed by atoms with Crippen LogP contribution in [0.4, 0.5) is 0 Å². The molecule has 1 aromatic rings. The molecule has 0 aliphatic heterocycles. The number of ether oxygens (including phenoxy) is 1. The summed E-state index contributed by atoms with van der Waals surface area (Å²) in [6, 6.07) is 6.41. The lowest BCUT2D eigenvalue weighted by molar-refractivity contribution is -0.137. The number of amides is 1. The number of carboxylic acid groups (broad SMARTS) is 1. The van der Waals surface area contributed by atoms with Gasteiger partial charge in [-0.05, 0) is 30.7 Å². The van der Waals surface area contributed by atoms with E-state index in [-0.39, 0.29) is 18.9 Å². The zero-order chi connectivity index (χ0) is 15.0. The van der Waals surface area contributed by atoms with E-state index in [4.69, 9.17) is 9.84 Å². The number of carbonyl (C=O) groups excluding carboxylic acids is 2. The van der Waals surface area contributed by atoms with Gasteiger partial charge in [0, 0.05) is 12.1 Å². The molecular weight excluding hydrogens is 262 g/mol. The van der Waals surface area contributed by atoms with Gasteiger partial charge in [-0.15, -0.1) is 0 Å². The summed E-state index contributed by atoms with van der Waals surface area (Å²) in [7, 11) is 0. The van der Waals surface area contributed by atoms with Crippen LogP contribution in [0.3, 0.4) is 0 Å². The first-order valence-corrected chi connectivity index (χ1v) is 6.28. The predicted octanol–water partition coefficient (Wildman–Crippen LogP) is 1.25. The molecule has 1 atom stereocenters. The average molecular weight is 279 g/mol. The predicted molar refractivity (Wildman–Crippen MR) is 71.8 cm³/mol. The molecule has 0 bridgehead atoms. The Kier molecular flexibility index (Phi) is 6.22. The fourth-order valence-electron chi connectivity index (χ4n) is 1.52. The third-order valence-corrected chi connectivity index (χ3v) is 2.60. The minimum atomic E-state index is -0.969. The molecule has 0 heterocycles. The summed E-state index contributed by atoms with van der Waals surface area (Å²) in [6.45, 7) is 1.86. The van der Waals surface area contributed by atoms with E-state index in [1.54, 1.807) is 31.2 Å². The van der Waals surface area contributed by atoms with Gasteiger partial charge in [-0.25, -0.2) is 0 Å². The second kappa shape index (κ2) is 7.93. The number of carboxylic acids is 1. The molecule has 6 heteroatoms. The van der Waals surface area contributed by atoms with Gasteiger partial charge < -0.3 is 15.2 Å². The molecule has 0 aliphatic rings. The number of nitrogens with one attached hydrogen (secondary N) is 1. The van der Waals surface area contributed by atoms with E-state index in [1.807, 2.05) is 0 Å². The van der Waals surface area contributed by atoms with Gasteiger partial charge in [-0.1, -0.05) is 6.92 Å². The molecule has 2 N–H and O–H groups in total. The molecule has 1 unspecified atom stereocenters. The first-order valence-electron chi connectivity index (χ1n) is 6.28. The highest BCUT2D eigenvalue weighted by Crippen LogP contribution is 2.14. The van der Waals surface area contributed by atoms with E-state index in [0.717, 1.165) is 6.29 Å². The Morgan fingerprint density at radius 2 is 2.00 bits per heavy atom. The number of aldehydes is 1. The molecule has 0 saturated heterocycles. The van der Waals surface area contributed by atoms with Crippen LogP contribution >= 0.6 is 0 Å². The van der Waals surface area contributed by atoms with Crippen LogP contribution in [0.25, 0.3) is 0 Å². The Labute approximate surface area is 116 Å². The van der Waals surface area contributed by atoms with Gasteiger partial charge in [0.1, 0.15) is 12.0 Å². The Bertz CT molecular complexity index is 469. The molecule has 108 valence electrons. The summed E-state index contributed by atoms with van der Waals surface area (Å²) in [5, 5.41) is 11.0. The summed E-state index contributed by atoms with van der Waals surface area (Å²) in [4.78, 5) is 32.7. The number of benzene rings is 1. The smallest absolute Gasteiger partial charge is 0.305 e. The monoisotopic (exact) mass is 279 g/mol. The van der Waals surface area contributed by atoms with Crippen LogP contribution in [0.1, 0.15) is 30.1 Å². The molecule has 0 spiro atoms. The molecular formula is C14H17NO5.